The van der Waals surface area contributed by atoms with Gasteiger partial charge in [0.15, 0.2) is 0 Å². The first kappa shape index (κ1) is 15.8. The van der Waals surface area contributed by atoms with Crippen molar-refractivity contribution in [3.63, 3.8) is 0 Å². The molecule has 0 spiro atoms. The molecule has 0 bridgehead atoms. The molecule has 0 radical (unpaired) electrons. The van der Waals surface area contributed by atoms with E-state index >= 15 is 0 Å². The van der Waals surface area contributed by atoms with Crippen LogP contribution in [-0.4, -0.2) is 41.6 Å². The van der Waals surface area contributed by atoms with Gasteiger partial charge in [0.2, 0.25) is 5.91 Å². The van der Waals surface area contributed by atoms with E-state index in [4.69, 9.17) is 4.74 Å². The summed E-state index contributed by atoms with van der Waals surface area (Å²) in [5.41, 5.74) is 0.230. The lowest BCUT2D eigenvalue weighted by atomic mass is 9.76. The molecular weight excluding hydrogens is 294 g/mol. The number of fused-ring (bicyclic) bond motifs is 1. The standard InChI is InChI=1S/C18H23NO4/c1-12(2)18(17(21)22)7-8-19(11-18)16(20)14-9-13-5-3-4-6-15(13)23-10-14/h3-6,12,14H,7-11H2,1-2H3,(H,21,22). The van der Waals surface area contributed by atoms with Crippen molar-refractivity contribution in [2.75, 3.05) is 19.7 Å². The molecule has 1 amide bonds. The molecule has 0 saturated carbocycles. The minimum absolute atomic E-state index is 0.00105. The minimum Gasteiger partial charge on any atom is -0.492 e. The highest BCUT2D eigenvalue weighted by atomic mass is 16.5. The van der Waals surface area contributed by atoms with Gasteiger partial charge in [-0.05, 0) is 30.4 Å². The first-order chi connectivity index (χ1) is 10.9. The van der Waals surface area contributed by atoms with E-state index in [1.165, 1.54) is 0 Å². The van der Waals surface area contributed by atoms with Crippen LogP contribution in [0.15, 0.2) is 24.3 Å². The maximum Gasteiger partial charge on any atom is 0.311 e. The molecule has 23 heavy (non-hydrogen) atoms. The Balaban J connectivity index is 1.72. The third kappa shape index (κ3) is 2.69. The number of para-hydroxylation sites is 1. The van der Waals surface area contributed by atoms with Gasteiger partial charge in [0.25, 0.3) is 0 Å². The van der Waals surface area contributed by atoms with Crippen molar-refractivity contribution in [2.24, 2.45) is 17.3 Å². The molecular formula is C18H23NO4. The predicted molar refractivity (Wildman–Crippen MR) is 85.2 cm³/mol. The Kier molecular flexibility index (Phi) is 4.04. The van der Waals surface area contributed by atoms with Crippen LogP contribution in [0.5, 0.6) is 5.75 Å². The quantitative estimate of drug-likeness (QED) is 0.928. The fourth-order valence-electron chi connectivity index (χ4n) is 3.66. The second-order valence-corrected chi connectivity index (χ2v) is 6.95. The van der Waals surface area contributed by atoms with Gasteiger partial charge in [-0.2, -0.15) is 0 Å². The molecule has 3 rings (SSSR count). The van der Waals surface area contributed by atoms with Gasteiger partial charge in [0.1, 0.15) is 12.4 Å². The van der Waals surface area contributed by atoms with Gasteiger partial charge in [-0.3, -0.25) is 9.59 Å². The van der Waals surface area contributed by atoms with Gasteiger partial charge in [-0.25, -0.2) is 0 Å². The molecule has 0 aliphatic carbocycles. The number of likely N-dealkylation sites (tertiary alicyclic amines) is 1. The number of ether oxygens (including phenoxy) is 1. The van der Waals surface area contributed by atoms with Gasteiger partial charge in [-0.1, -0.05) is 32.0 Å². The Morgan fingerprint density at radius 2 is 2.09 bits per heavy atom. The molecule has 5 nitrogen and oxygen atoms in total. The zero-order chi connectivity index (χ0) is 16.6. The number of aliphatic carboxylic acids is 1. The van der Waals surface area contributed by atoms with Gasteiger partial charge in [0, 0.05) is 13.1 Å². The Hall–Kier alpha value is -2.04. The van der Waals surface area contributed by atoms with Crippen molar-refractivity contribution in [1.29, 1.82) is 0 Å². The Labute approximate surface area is 136 Å². The summed E-state index contributed by atoms with van der Waals surface area (Å²) in [5, 5.41) is 9.61. The van der Waals surface area contributed by atoms with E-state index < -0.39 is 11.4 Å². The molecule has 1 N–H and O–H groups in total. The summed E-state index contributed by atoms with van der Waals surface area (Å²) in [6.45, 7) is 5.02. The Morgan fingerprint density at radius 3 is 2.74 bits per heavy atom. The summed E-state index contributed by atoms with van der Waals surface area (Å²) >= 11 is 0. The number of benzene rings is 1. The summed E-state index contributed by atoms with van der Waals surface area (Å²) in [5.74, 6) is -0.154. The lowest BCUT2D eigenvalue weighted by Gasteiger charge is -2.31. The second kappa shape index (κ2) is 5.87. The largest absolute Gasteiger partial charge is 0.492 e. The lowest BCUT2D eigenvalue weighted by Crippen LogP contribution is -2.44. The second-order valence-electron chi connectivity index (χ2n) is 6.95. The number of amides is 1. The number of carboxylic acids is 1. The topological polar surface area (TPSA) is 66.8 Å². The fourth-order valence-corrected chi connectivity index (χ4v) is 3.66. The molecule has 5 heteroatoms. The monoisotopic (exact) mass is 317 g/mol. The molecule has 1 fully saturated rings. The third-order valence-electron chi connectivity index (χ3n) is 5.37. The Bertz CT molecular complexity index is 627. The number of carboxylic acid groups (broad SMARTS) is 1. The number of nitrogens with zero attached hydrogens (tertiary/aromatic N) is 1. The summed E-state index contributed by atoms with van der Waals surface area (Å²) in [7, 11) is 0. The zero-order valence-electron chi connectivity index (χ0n) is 13.6. The van der Waals surface area contributed by atoms with Crippen LogP contribution in [-0.2, 0) is 16.0 Å². The van der Waals surface area contributed by atoms with Crippen LogP contribution < -0.4 is 4.74 Å². The van der Waals surface area contributed by atoms with Crippen LogP contribution in [0.4, 0.5) is 0 Å². The molecule has 2 unspecified atom stereocenters. The molecule has 1 aromatic rings. The fraction of sp³-hybridized carbons (Fsp3) is 0.556. The molecule has 1 saturated heterocycles. The molecule has 2 aliphatic heterocycles. The Morgan fingerprint density at radius 1 is 1.35 bits per heavy atom. The summed E-state index contributed by atoms with van der Waals surface area (Å²) in [6, 6.07) is 7.76. The number of rotatable bonds is 3. The average molecular weight is 317 g/mol. The lowest BCUT2D eigenvalue weighted by molar-refractivity contribution is -0.151. The molecule has 2 heterocycles. The SMILES string of the molecule is CC(C)C1(C(=O)O)CCN(C(=O)C2COc3ccccc3C2)C1. The van der Waals surface area contributed by atoms with Crippen molar-refractivity contribution in [3.05, 3.63) is 29.8 Å². The van der Waals surface area contributed by atoms with Gasteiger partial charge < -0.3 is 14.7 Å². The van der Waals surface area contributed by atoms with Crippen LogP contribution in [0.25, 0.3) is 0 Å². The molecule has 2 aliphatic rings. The minimum atomic E-state index is -0.816. The first-order valence-corrected chi connectivity index (χ1v) is 8.17. The van der Waals surface area contributed by atoms with Crippen LogP contribution in [0.3, 0.4) is 0 Å². The number of hydrogen-bond donors (Lipinski definition) is 1. The first-order valence-electron chi connectivity index (χ1n) is 8.17. The predicted octanol–water partition coefficient (Wildman–Crippen LogP) is 2.20. The normalized spacial score (nSPS) is 26.7. The summed E-state index contributed by atoms with van der Waals surface area (Å²) in [6.07, 6.45) is 1.18. The molecule has 0 aromatic heterocycles. The van der Waals surface area contributed by atoms with E-state index in [2.05, 4.69) is 0 Å². The summed E-state index contributed by atoms with van der Waals surface area (Å²) < 4.78 is 5.70. The van der Waals surface area contributed by atoms with Crippen molar-refractivity contribution < 1.29 is 19.4 Å². The van der Waals surface area contributed by atoms with E-state index in [1.807, 2.05) is 38.1 Å². The van der Waals surface area contributed by atoms with Crippen molar-refractivity contribution in [1.82, 2.24) is 4.90 Å². The zero-order valence-corrected chi connectivity index (χ0v) is 13.6. The van der Waals surface area contributed by atoms with Gasteiger partial charge in [-0.15, -0.1) is 0 Å². The van der Waals surface area contributed by atoms with Crippen LogP contribution in [0.1, 0.15) is 25.8 Å². The van der Waals surface area contributed by atoms with E-state index in [0.717, 1.165) is 11.3 Å². The van der Waals surface area contributed by atoms with E-state index in [-0.39, 0.29) is 17.7 Å². The molecule has 124 valence electrons. The van der Waals surface area contributed by atoms with Crippen molar-refractivity contribution >= 4 is 11.9 Å². The van der Waals surface area contributed by atoms with Crippen LogP contribution >= 0.6 is 0 Å². The third-order valence-corrected chi connectivity index (χ3v) is 5.37. The van der Waals surface area contributed by atoms with Crippen LogP contribution in [0, 0.1) is 17.3 Å². The smallest absolute Gasteiger partial charge is 0.311 e. The maximum atomic E-state index is 12.8. The van der Waals surface area contributed by atoms with Gasteiger partial charge in [0.05, 0.1) is 11.3 Å². The number of carbonyl (C=O) groups excluding carboxylic acids is 1. The summed E-state index contributed by atoms with van der Waals surface area (Å²) in [4.78, 5) is 26.2. The van der Waals surface area contributed by atoms with Crippen molar-refractivity contribution in [3.8, 4) is 5.75 Å². The van der Waals surface area contributed by atoms with Crippen LogP contribution in [0.2, 0.25) is 0 Å². The average Bonchev–Trinajstić information content (AvgIpc) is 3.00. The highest BCUT2D eigenvalue weighted by Gasteiger charge is 2.49. The molecule has 1 aromatic carbocycles. The maximum absolute atomic E-state index is 12.8. The van der Waals surface area contributed by atoms with E-state index in [0.29, 0.717) is 32.5 Å². The van der Waals surface area contributed by atoms with Gasteiger partial charge >= 0.3 is 5.97 Å². The number of hydrogen-bond acceptors (Lipinski definition) is 3. The highest BCUT2D eigenvalue weighted by Crippen LogP contribution is 2.39. The molecule has 2 atom stereocenters. The van der Waals surface area contributed by atoms with E-state index in [1.54, 1.807) is 4.90 Å². The number of carbonyl (C=O) groups is 2. The highest BCUT2D eigenvalue weighted by molar-refractivity contribution is 5.83. The van der Waals surface area contributed by atoms with E-state index in [9.17, 15) is 14.7 Å². The van der Waals surface area contributed by atoms with Crippen molar-refractivity contribution in [2.45, 2.75) is 26.7 Å².